The standard InChI is InChI=1S/C21H25FN4O/c1-25(15-11-13-9-10-14(12-15)23-13)21(27)20-16-5-4-8-18(16)26(24-20)19-7-3-2-6-17(19)22/h2-3,6-7,13-15,23H,4-5,8-12H2,1H3. The highest BCUT2D eigenvalue weighted by Gasteiger charge is 2.38. The number of halogens is 1. The summed E-state index contributed by atoms with van der Waals surface area (Å²) in [6.45, 7) is 0. The van der Waals surface area contributed by atoms with Crippen LogP contribution in [0.1, 0.15) is 53.8 Å². The van der Waals surface area contributed by atoms with E-state index in [-0.39, 0.29) is 17.8 Å². The summed E-state index contributed by atoms with van der Waals surface area (Å²) in [5.74, 6) is -0.327. The van der Waals surface area contributed by atoms with Gasteiger partial charge in [-0.1, -0.05) is 12.1 Å². The minimum Gasteiger partial charge on any atom is -0.337 e. The molecule has 27 heavy (non-hydrogen) atoms. The van der Waals surface area contributed by atoms with Crippen LogP contribution < -0.4 is 5.32 Å². The monoisotopic (exact) mass is 368 g/mol. The van der Waals surface area contributed by atoms with E-state index >= 15 is 0 Å². The van der Waals surface area contributed by atoms with Gasteiger partial charge in [-0.25, -0.2) is 9.07 Å². The number of nitrogens with zero attached hydrogens (tertiary/aromatic N) is 3. The van der Waals surface area contributed by atoms with Gasteiger partial charge in [0.05, 0.1) is 0 Å². The largest absolute Gasteiger partial charge is 0.337 e. The van der Waals surface area contributed by atoms with Gasteiger partial charge in [0.1, 0.15) is 11.5 Å². The molecule has 1 aromatic heterocycles. The minimum absolute atomic E-state index is 0.0189. The number of hydrogen-bond donors (Lipinski definition) is 1. The van der Waals surface area contributed by atoms with E-state index < -0.39 is 0 Å². The van der Waals surface area contributed by atoms with Crippen LogP contribution in [0.4, 0.5) is 4.39 Å². The molecule has 5 nitrogen and oxygen atoms in total. The van der Waals surface area contributed by atoms with Crippen LogP contribution in [0.2, 0.25) is 0 Å². The summed E-state index contributed by atoms with van der Waals surface area (Å²) in [7, 11) is 1.90. The number of piperidine rings is 1. The lowest BCUT2D eigenvalue weighted by molar-refractivity contribution is 0.0674. The second kappa shape index (κ2) is 6.44. The predicted molar refractivity (Wildman–Crippen MR) is 101 cm³/mol. The Bertz CT molecular complexity index is 880. The second-order valence-electron chi connectivity index (χ2n) is 8.17. The fraction of sp³-hybridized carbons (Fsp3) is 0.524. The molecule has 3 aliphatic rings. The van der Waals surface area contributed by atoms with Gasteiger partial charge in [-0.2, -0.15) is 5.10 Å². The fourth-order valence-electron chi connectivity index (χ4n) is 5.11. The fourth-order valence-corrected chi connectivity index (χ4v) is 5.11. The molecule has 2 bridgehead atoms. The Kier molecular flexibility index (Phi) is 4.04. The Balaban J connectivity index is 1.47. The number of nitrogens with one attached hydrogen (secondary N) is 1. The topological polar surface area (TPSA) is 50.2 Å². The summed E-state index contributed by atoms with van der Waals surface area (Å²) in [6.07, 6.45) is 7.11. The smallest absolute Gasteiger partial charge is 0.274 e. The number of carbonyl (C=O) groups excluding carboxylic acids is 1. The first-order valence-electron chi connectivity index (χ1n) is 10.0. The zero-order chi connectivity index (χ0) is 18.5. The van der Waals surface area contributed by atoms with E-state index in [4.69, 9.17) is 0 Å². The molecule has 2 aliphatic heterocycles. The molecule has 2 unspecified atom stereocenters. The molecule has 142 valence electrons. The van der Waals surface area contributed by atoms with Gasteiger partial charge in [0.15, 0.2) is 5.69 Å². The first-order valence-corrected chi connectivity index (χ1v) is 10.0. The molecule has 0 spiro atoms. The lowest BCUT2D eigenvalue weighted by Gasteiger charge is -2.35. The zero-order valence-electron chi connectivity index (χ0n) is 15.6. The molecule has 5 rings (SSSR count). The quantitative estimate of drug-likeness (QED) is 0.906. The highest BCUT2D eigenvalue weighted by atomic mass is 19.1. The molecule has 1 N–H and O–H groups in total. The Morgan fingerprint density at radius 3 is 2.70 bits per heavy atom. The average Bonchev–Trinajstić information content (AvgIpc) is 3.36. The van der Waals surface area contributed by atoms with Crippen molar-refractivity contribution in [3.8, 4) is 5.69 Å². The van der Waals surface area contributed by atoms with E-state index in [1.165, 1.54) is 18.9 Å². The van der Waals surface area contributed by atoms with Gasteiger partial charge in [0.2, 0.25) is 0 Å². The molecule has 0 radical (unpaired) electrons. The Hall–Kier alpha value is -2.21. The van der Waals surface area contributed by atoms with Crippen LogP contribution in [0.5, 0.6) is 0 Å². The first kappa shape index (κ1) is 16.9. The molecule has 0 saturated carbocycles. The molecule has 1 amide bonds. The van der Waals surface area contributed by atoms with Gasteiger partial charge in [0.25, 0.3) is 5.91 Å². The van der Waals surface area contributed by atoms with Gasteiger partial charge in [-0.15, -0.1) is 0 Å². The number of carbonyl (C=O) groups is 1. The van der Waals surface area contributed by atoms with Gasteiger partial charge in [0, 0.05) is 36.4 Å². The van der Waals surface area contributed by atoms with Crippen molar-refractivity contribution in [3.05, 3.63) is 47.0 Å². The maximum Gasteiger partial charge on any atom is 0.274 e. The van der Waals surface area contributed by atoms with E-state index in [1.807, 2.05) is 11.9 Å². The first-order chi connectivity index (χ1) is 13.1. The van der Waals surface area contributed by atoms with E-state index in [1.54, 1.807) is 22.9 Å². The highest BCUT2D eigenvalue weighted by molar-refractivity contribution is 5.94. The SMILES string of the molecule is CN(C(=O)c1nn(-c2ccccc2F)c2c1CCC2)C1CC2CCC(C1)N2. The van der Waals surface area contributed by atoms with Crippen molar-refractivity contribution < 1.29 is 9.18 Å². The number of benzene rings is 1. The van der Waals surface area contributed by atoms with E-state index in [2.05, 4.69) is 10.4 Å². The summed E-state index contributed by atoms with van der Waals surface area (Å²) in [6, 6.07) is 7.97. The van der Waals surface area contributed by atoms with Crippen molar-refractivity contribution in [2.24, 2.45) is 0 Å². The van der Waals surface area contributed by atoms with Crippen molar-refractivity contribution in [1.29, 1.82) is 0 Å². The number of amides is 1. The number of aromatic nitrogens is 2. The molecule has 2 fully saturated rings. The zero-order valence-corrected chi connectivity index (χ0v) is 15.6. The molecule has 2 atom stereocenters. The lowest BCUT2D eigenvalue weighted by atomic mass is 9.98. The average molecular weight is 368 g/mol. The van der Waals surface area contributed by atoms with E-state index in [0.717, 1.165) is 43.4 Å². The third-order valence-corrected chi connectivity index (χ3v) is 6.53. The summed E-state index contributed by atoms with van der Waals surface area (Å²) in [5, 5.41) is 8.23. The maximum absolute atomic E-state index is 14.3. The Labute approximate surface area is 158 Å². The normalized spacial score (nSPS) is 26.2. The Morgan fingerprint density at radius 2 is 1.96 bits per heavy atom. The van der Waals surface area contributed by atoms with E-state index in [9.17, 15) is 9.18 Å². The molecule has 2 saturated heterocycles. The number of fused-ring (bicyclic) bond motifs is 3. The minimum atomic E-state index is -0.308. The lowest BCUT2D eigenvalue weighted by Crippen LogP contribution is -2.48. The van der Waals surface area contributed by atoms with Gasteiger partial charge >= 0.3 is 0 Å². The second-order valence-corrected chi connectivity index (χ2v) is 8.17. The molecule has 6 heteroatoms. The Morgan fingerprint density at radius 1 is 1.22 bits per heavy atom. The molecule has 1 aromatic carbocycles. The molecular weight excluding hydrogens is 343 g/mol. The predicted octanol–water partition coefficient (Wildman–Crippen LogP) is 2.86. The van der Waals surface area contributed by atoms with Crippen molar-refractivity contribution in [1.82, 2.24) is 20.0 Å². The van der Waals surface area contributed by atoms with Gasteiger partial charge in [-0.3, -0.25) is 4.79 Å². The molecule has 1 aliphatic carbocycles. The molecule has 3 heterocycles. The van der Waals surface area contributed by atoms with Crippen LogP contribution in [0.15, 0.2) is 24.3 Å². The highest BCUT2D eigenvalue weighted by Crippen LogP contribution is 2.32. The van der Waals surface area contributed by atoms with Gasteiger partial charge < -0.3 is 10.2 Å². The van der Waals surface area contributed by atoms with Crippen molar-refractivity contribution in [2.75, 3.05) is 7.05 Å². The number of hydrogen-bond acceptors (Lipinski definition) is 3. The van der Waals surface area contributed by atoms with Crippen LogP contribution in [0.25, 0.3) is 5.69 Å². The van der Waals surface area contributed by atoms with Gasteiger partial charge in [-0.05, 0) is 57.1 Å². The van der Waals surface area contributed by atoms with Crippen molar-refractivity contribution >= 4 is 5.91 Å². The summed E-state index contributed by atoms with van der Waals surface area (Å²) in [5.41, 5.74) is 2.94. The third kappa shape index (κ3) is 2.78. The van der Waals surface area contributed by atoms with Crippen LogP contribution in [0, 0.1) is 5.82 Å². The summed E-state index contributed by atoms with van der Waals surface area (Å²) >= 11 is 0. The van der Waals surface area contributed by atoms with Crippen molar-refractivity contribution in [3.63, 3.8) is 0 Å². The van der Waals surface area contributed by atoms with Crippen LogP contribution >= 0.6 is 0 Å². The van der Waals surface area contributed by atoms with Crippen molar-refractivity contribution in [2.45, 2.75) is 63.1 Å². The van der Waals surface area contributed by atoms with Crippen LogP contribution in [-0.4, -0.2) is 45.8 Å². The summed E-state index contributed by atoms with van der Waals surface area (Å²) in [4.78, 5) is 15.2. The molecular formula is C21H25FN4O. The molecule has 2 aromatic rings. The van der Waals surface area contributed by atoms with Crippen LogP contribution in [-0.2, 0) is 12.8 Å². The number of para-hydroxylation sites is 1. The maximum atomic E-state index is 14.3. The summed E-state index contributed by atoms with van der Waals surface area (Å²) < 4.78 is 16.0. The van der Waals surface area contributed by atoms with Crippen LogP contribution in [0.3, 0.4) is 0 Å². The van der Waals surface area contributed by atoms with E-state index in [0.29, 0.717) is 23.5 Å². The number of rotatable bonds is 3. The third-order valence-electron chi connectivity index (χ3n) is 6.53.